The van der Waals surface area contributed by atoms with Crippen molar-refractivity contribution < 1.29 is 14.3 Å². The van der Waals surface area contributed by atoms with Crippen LogP contribution in [-0.2, 0) is 16.2 Å². The summed E-state index contributed by atoms with van der Waals surface area (Å²) >= 11 is 0. The summed E-state index contributed by atoms with van der Waals surface area (Å²) in [6.07, 6.45) is 7.76. The average Bonchev–Trinajstić information content (AvgIpc) is 3.05. The van der Waals surface area contributed by atoms with E-state index in [4.69, 9.17) is 4.74 Å². The van der Waals surface area contributed by atoms with Gasteiger partial charge in [-0.2, -0.15) is 10.1 Å². The van der Waals surface area contributed by atoms with Gasteiger partial charge in [0.05, 0.1) is 18.1 Å². The van der Waals surface area contributed by atoms with Crippen LogP contribution in [0.4, 0.5) is 0 Å². The van der Waals surface area contributed by atoms with Crippen LogP contribution in [0.25, 0.3) is 0 Å². The zero-order chi connectivity index (χ0) is 19.8. The van der Waals surface area contributed by atoms with E-state index in [0.717, 1.165) is 29.0 Å². The standard InChI is InChI=1S/C24H22N2O3/c27-23-21-18-9-10-19(12-11-18)22(21)24(28)26(23)25-14-17-7-4-8-20(13-17)29-15-16-5-2-1-3-6-16/h1-10,13-14,18-19,21-22H,11-12,15H2/b25-14-/t18-,19+,21-,22+. The fourth-order valence-electron chi connectivity index (χ4n) is 4.72. The fraction of sp³-hybridized carbons (Fsp3) is 0.292. The Morgan fingerprint density at radius 3 is 2.28 bits per heavy atom. The van der Waals surface area contributed by atoms with Crippen molar-refractivity contribution in [1.29, 1.82) is 0 Å². The van der Waals surface area contributed by atoms with Crippen LogP contribution in [0.3, 0.4) is 0 Å². The monoisotopic (exact) mass is 386 g/mol. The highest BCUT2D eigenvalue weighted by Crippen LogP contribution is 2.49. The Morgan fingerprint density at radius 1 is 0.931 bits per heavy atom. The molecule has 2 aromatic rings. The average molecular weight is 386 g/mol. The molecule has 0 spiro atoms. The van der Waals surface area contributed by atoms with Crippen LogP contribution in [-0.4, -0.2) is 23.0 Å². The zero-order valence-corrected chi connectivity index (χ0v) is 16.0. The summed E-state index contributed by atoms with van der Waals surface area (Å²) in [7, 11) is 0. The largest absolute Gasteiger partial charge is 0.489 e. The Balaban J connectivity index is 1.29. The SMILES string of the molecule is O=C1[C@@H]2[C@H](C(=O)N1/N=C\c1cccc(OCc3ccccc3)c1)[C@@H]1C=C[C@H]2CC1. The molecule has 0 radical (unpaired) electrons. The van der Waals surface area contributed by atoms with Crippen LogP contribution in [0, 0.1) is 23.7 Å². The Morgan fingerprint density at radius 2 is 1.62 bits per heavy atom. The molecule has 4 atom stereocenters. The van der Waals surface area contributed by atoms with E-state index in [1.54, 1.807) is 6.21 Å². The summed E-state index contributed by atoms with van der Waals surface area (Å²) < 4.78 is 5.84. The van der Waals surface area contributed by atoms with E-state index in [9.17, 15) is 9.59 Å². The second kappa shape index (κ2) is 7.32. The highest BCUT2D eigenvalue weighted by molar-refractivity contribution is 6.06. The van der Waals surface area contributed by atoms with E-state index in [2.05, 4.69) is 17.3 Å². The van der Waals surface area contributed by atoms with Crippen LogP contribution in [0.2, 0.25) is 0 Å². The number of imide groups is 1. The summed E-state index contributed by atoms with van der Waals surface area (Å²) in [6.45, 7) is 0.476. The van der Waals surface area contributed by atoms with Gasteiger partial charge >= 0.3 is 0 Å². The Bertz CT molecular complexity index is 966. The highest BCUT2D eigenvalue weighted by atomic mass is 16.5. The Hall–Kier alpha value is -3.21. The molecule has 29 heavy (non-hydrogen) atoms. The van der Waals surface area contributed by atoms with Crippen LogP contribution < -0.4 is 4.74 Å². The molecule has 146 valence electrons. The van der Waals surface area contributed by atoms with Crippen LogP contribution in [0.15, 0.2) is 71.9 Å². The van der Waals surface area contributed by atoms with Crippen molar-refractivity contribution in [2.75, 3.05) is 0 Å². The summed E-state index contributed by atoms with van der Waals surface area (Å²) in [5, 5.41) is 5.35. The highest BCUT2D eigenvalue weighted by Gasteiger charge is 2.56. The van der Waals surface area contributed by atoms with Crippen molar-refractivity contribution in [3.05, 3.63) is 77.9 Å². The summed E-state index contributed by atoms with van der Waals surface area (Å²) in [5.41, 5.74) is 1.87. The number of rotatable bonds is 5. The molecule has 5 heteroatoms. The first kappa shape index (κ1) is 17.9. The summed E-state index contributed by atoms with van der Waals surface area (Å²) in [4.78, 5) is 25.6. The predicted molar refractivity (Wildman–Crippen MR) is 109 cm³/mol. The first-order valence-corrected chi connectivity index (χ1v) is 10.1. The number of hydrogen-bond donors (Lipinski definition) is 0. The maximum absolute atomic E-state index is 12.8. The number of fused-ring (bicyclic) bond motifs is 1. The number of carbonyl (C=O) groups is 2. The molecular formula is C24H22N2O3. The van der Waals surface area contributed by atoms with Crippen molar-refractivity contribution in [3.63, 3.8) is 0 Å². The maximum Gasteiger partial charge on any atom is 0.254 e. The van der Waals surface area contributed by atoms with Gasteiger partial charge in [-0.3, -0.25) is 9.59 Å². The van der Waals surface area contributed by atoms with E-state index in [1.165, 1.54) is 0 Å². The van der Waals surface area contributed by atoms with Gasteiger partial charge in [0.25, 0.3) is 11.8 Å². The van der Waals surface area contributed by atoms with Gasteiger partial charge in [0.15, 0.2) is 0 Å². The molecule has 2 amide bonds. The smallest absolute Gasteiger partial charge is 0.254 e. The van der Waals surface area contributed by atoms with Gasteiger partial charge in [-0.25, -0.2) is 0 Å². The van der Waals surface area contributed by atoms with Gasteiger partial charge in [0, 0.05) is 0 Å². The second-order valence-corrected chi connectivity index (χ2v) is 7.92. The Labute approximate surface area is 169 Å². The van der Waals surface area contributed by atoms with Crippen molar-refractivity contribution in [2.45, 2.75) is 19.4 Å². The lowest BCUT2D eigenvalue weighted by molar-refractivity contribution is -0.140. The number of hydrogen-bond acceptors (Lipinski definition) is 4. The lowest BCUT2D eigenvalue weighted by Crippen LogP contribution is -2.38. The minimum atomic E-state index is -0.232. The molecule has 0 N–H and O–H groups in total. The number of nitrogens with zero attached hydrogens (tertiary/aromatic N) is 2. The molecule has 1 aliphatic heterocycles. The first-order chi connectivity index (χ1) is 14.2. The molecule has 5 nitrogen and oxygen atoms in total. The molecule has 2 fully saturated rings. The van der Waals surface area contributed by atoms with E-state index >= 15 is 0 Å². The van der Waals surface area contributed by atoms with Crippen molar-refractivity contribution in [1.82, 2.24) is 5.01 Å². The third-order valence-electron chi connectivity index (χ3n) is 6.16. The summed E-state index contributed by atoms with van der Waals surface area (Å²) in [6, 6.07) is 17.4. The molecule has 2 bridgehead atoms. The van der Waals surface area contributed by atoms with Crippen LogP contribution in [0.5, 0.6) is 5.75 Å². The zero-order valence-electron chi connectivity index (χ0n) is 16.0. The number of carbonyl (C=O) groups excluding carboxylic acids is 2. The number of ether oxygens (including phenoxy) is 1. The normalized spacial score (nSPS) is 27.7. The topological polar surface area (TPSA) is 59.0 Å². The van der Waals surface area contributed by atoms with E-state index in [0.29, 0.717) is 12.4 Å². The summed E-state index contributed by atoms with van der Waals surface area (Å²) in [5.74, 6) is 0.284. The van der Waals surface area contributed by atoms with E-state index in [1.807, 2.05) is 54.6 Å². The van der Waals surface area contributed by atoms with Crippen molar-refractivity contribution in [2.24, 2.45) is 28.8 Å². The second-order valence-electron chi connectivity index (χ2n) is 7.92. The van der Waals surface area contributed by atoms with Crippen LogP contribution in [0.1, 0.15) is 24.0 Å². The molecule has 3 aliphatic carbocycles. The molecule has 1 saturated carbocycles. The number of allylic oxidation sites excluding steroid dienone is 2. The van der Waals surface area contributed by atoms with E-state index < -0.39 is 0 Å². The molecule has 2 aromatic carbocycles. The van der Waals surface area contributed by atoms with Gasteiger partial charge in [-0.1, -0.05) is 54.6 Å². The minimum absolute atomic E-state index is 0.160. The van der Waals surface area contributed by atoms with Crippen LogP contribution >= 0.6 is 0 Å². The van der Waals surface area contributed by atoms with Gasteiger partial charge < -0.3 is 4.74 Å². The molecule has 4 aliphatic rings. The van der Waals surface area contributed by atoms with Crippen molar-refractivity contribution >= 4 is 18.0 Å². The maximum atomic E-state index is 12.8. The van der Waals surface area contributed by atoms with Gasteiger partial charge in [-0.15, -0.1) is 0 Å². The third-order valence-corrected chi connectivity index (χ3v) is 6.16. The quantitative estimate of drug-likeness (QED) is 0.446. The van der Waals surface area contributed by atoms with Crippen molar-refractivity contribution in [3.8, 4) is 5.75 Å². The molecule has 6 rings (SSSR count). The molecule has 1 heterocycles. The van der Waals surface area contributed by atoms with E-state index in [-0.39, 0.29) is 35.5 Å². The first-order valence-electron chi connectivity index (χ1n) is 10.1. The molecule has 0 unspecified atom stereocenters. The lowest BCUT2D eigenvalue weighted by Gasteiger charge is -2.37. The fourth-order valence-corrected chi connectivity index (χ4v) is 4.72. The molecule has 1 saturated heterocycles. The minimum Gasteiger partial charge on any atom is -0.489 e. The number of hydrazone groups is 1. The predicted octanol–water partition coefficient (Wildman–Crippen LogP) is 3.80. The third kappa shape index (κ3) is 3.27. The van der Waals surface area contributed by atoms with Gasteiger partial charge in [0.1, 0.15) is 12.4 Å². The Kier molecular flexibility index (Phi) is 4.51. The molecule has 0 aromatic heterocycles. The molecular weight excluding hydrogens is 364 g/mol. The van der Waals surface area contributed by atoms with Gasteiger partial charge in [-0.05, 0) is 47.9 Å². The number of amides is 2. The lowest BCUT2D eigenvalue weighted by atomic mass is 9.63. The van der Waals surface area contributed by atoms with Gasteiger partial charge in [0.2, 0.25) is 0 Å². The number of benzene rings is 2.